The molecule has 0 aliphatic heterocycles. The minimum Gasteiger partial charge on any atom is -0.480 e. The number of rotatable bonds is 13. The molecule has 8 N–H and O–H groups in total. The molecule has 3 atom stereocenters. The molecule has 27 heavy (non-hydrogen) atoms. The molecule has 0 radical (unpaired) electrons. The van der Waals surface area contributed by atoms with Crippen LogP contribution in [0.3, 0.4) is 0 Å². The summed E-state index contributed by atoms with van der Waals surface area (Å²) in [5.41, 5.74) is 10.2. The van der Waals surface area contributed by atoms with Crippen LogP contribution in [0.2, 0.25) is 0 Å². The average molecular weight is 424 g/mol. The van der Waals surface area contributed by atoms with E-state index in [0.29, 0.717) is 5.75 Å². The zero-order valence-electron chi connectivity index (χ0n) is 14.8. The van der Waals surface area contributed by atoms with Gasteiger partial charge in [-0.3, -0.25) is 19.2 Å². The zero-order chi connectivity index (χ0) is 21.0. The Hall–Kier alpha value is -1.99. The predicted molar refractivity (Wildman–Crippen MR) is 103 cm³/mol. The van der Waals surface area contributed by atoms with Crippen LogP contribution in [0.15, 0.2) is 0 Å². The lowest BCUT2D eigenvalue weighted by Crippen LogP contribution is -2.57. The number of thioether (sulfide) groups is 1. The first-order chi connectivity index (χ1) is 12.7. The molecule has 0 saturated heterocycles. The summed E-state index contributed by atoms with van der Waals surface area (Å²) in [4.78, 5) is 58.3. The van der Waals surface area contributed by atoms with Crippen LogP contribution in [0.1, 0.15) is 12.8 Å². The third-order valence-electron chi connectivity index (χ3n) is 3.28. The highest BCUT2D eigenvalue weighted by Gasteiger charge is 2.29. The van der Waals surface area contributed by atoms with Gasteiger partial charge in [0.05, 0.1) is 13.0 Å². The van der Waals surface area contributed by atoms with Gasteiger partial charge in [-0.1, -0.05) is 0 Å². The van der Waals surface area contributed by atoms with Crippen LogP contribution in [0.4, 0.5) is 0 Å². The van der Waals surface area contributed by atoms with Gasteiger partial charge in [0.25, 0.3) is 0 Å². The minimum absolute atomic E-state index is 0.138. The van der Waals surface area contributed by atoms with E-state index in [1.807, 2.05) is 0 Å². The Labute approximate surface area is 166 Å². The van der Waals surface area contributed by atoms with Crippen molar-refractivity contribution in [2.75, 3.05) is 24.3 Å². The number of carboxylic acid groups (broad SMARTS) is 1. The van der Waals surface area contributed by atoms with Gasteiger partial charge in [-0.25, -0.2) is 4.79 Å². The molecule has 0 spiro atoms. The first kappa shape index (κ1) is 25.0. The fourth-order valence-corrected chi connectivity index (χ4v) is 2.62. The molecule has 11 nitrogen and oxygen atoms in total. The van der Waals surface area contributed by atoms with E-state index in [1.165, 1.54) is 11.8 Å². The Balaban J connectivity index is 5.04. The number of nitrogens with two attached hydrogens (primary N) is 2. The van der Waals surface area contributed by atoms with Gasteiger partial charge in [-0.15, -0.1) is 0 Å². The molecule has 13 heteroatoms. The molecule has 3 unspecified atom stereocenters. The van der Waals surface area contributed by atoms with Crippen molar-refractivity contribution in [3.05, 3.63) is 0 Å². The quantitative estimate of drug-likeness (QED) is 0.153. The van der Waals surface area contributed by atoms with Gasteiger partial charge in [-0.2, -0.15) is 24.4 Å². The highest BCUT2D eigenvalue weighted by atomic mass is 32.2. The van der Waals surface area contributed by atoms with Crippen LogP contribution in [-0.4, -0.2) is 77.1 Å². The van der Waals surface area contributed by atoms with E-state index in [9.17, 15) is 24.0 Å². The molecule has 0 aromatic carbocycles. The Morgan fingerprint density at radius 3 is 2.04 bits per heavy atom. The molecule has 154 valence electrons. The maximum Gasteiger partial charge on any atom is 0.326 e. The average Bonchev–Trinajstić information content (AvgIpc) is 2.61. The smallest absolute Gasteiger partial charge is 0.326 e. The van der Waals surface area contributed by atoms with Crippen molar-refractivity contribution in [3.63, 3.8) is 0 Å². The van der Waals surface area contributed by atoms with Gasteiger partial charge in [-0.05, 0) is 18.4 Å². The molecular weight excluding hydrogens is 398 g/mol. The Morgan fingerprint density at radius 2 is 1.59 bits per heavy atom. The van der Waals surface area contributed by atoms with Crippen LogP contribution >= 0.6 is 24.4 Å². The van der Waals surface area contributed by atoms with E-state index in [1.54, 1.807) is 6.26 Å². The zero-order valence-corrected chi connectivity index (χ0v) is 16.5. The van der Waals surface area contributed by atoms with Crippen molar-refractivity contribution in [1.82, 2.24) is 16.0 Å². The second kappa shape index (κ2) is 13.2. The number of aliphatic carboxylic acids is 1. The first-order valence-corrected chi connectivity index (χ1v) is 9.89. The number of hydrogen-bond donors (Lipinski definition) is 7. The van der Waals surface area contributed by atoms with Crippen molar-refractivity contribution < 1.29 is 29.1 Å². The number of hydrogen-bond acceptors (Lipinski definition) is 8. The Kier molecular flexibility index (Phi) is 12.2. The van der Waals surface area contributed by atoms with Crippen LogP contribution in [0.5, 0.6) is 0 Å². The lowest BCUT2D eigenvalue weighted by atomic mass is 10.1. The second-order valence-corrected chi connectivity index (χ2v) is 6.77. The van der Waals surface area contributed by atoms with Crippen molar-refractivity contribution in [3.8, 4) is 0 Å². The number of carbonyl (C=O) groups is 5. The maximum absolute atomic E-state index is 12.3. The Bertz CT molecular complexity index is 562. The largest absolute Gasteiger partial charge is 0.480 e. The van der Waals surface area contributed by atoms with E-state index in [0.717, 1.165) is 0 Å². The highest BCUT2D eigenvalue weighted by molar-refractivity contribution is 7.98. The Morgan fingerprint density at radius 1 is 1.04 bits per heavy atom. The van der Waals surface area contributed by atoms with Crippen LogP contribution in [0, 0.1) is 0 Å². The van der Waals surface area contributed by atoms with E-state index < -0.39 is 60.7 Å². The molecule has 0 aromatic rings. The van der Waals surface area contributed by atoms with Crippen LogP contribution in [0.25, 0.3) is 0 Å². The first-order valence-electron chi connectivity index (χ1n) is 7.87. The summed E-state index contributed by atoms with van der Waals surface area (Å²) >= 11 is 5.40. The van der Waals surface area contributed by atoms with Crippen LogP contribution < -0.4 is 27.4 Å². The minimum atomic E-state index is -1.32. The molecular formula is C14H25N5O6S2. The molecule has 0 aliphatic rings. The lowest BCUT2D eigenvalue weighted by Gasteiger charge is -2.23. The van der Waals surface area contributed by atoms with Gasteiger partial charge in [0, 0.05) is 5.75 Å². The summed E-state index contributed by atoms with van der Waals surface area (Å²) < 4.78 is 0. The molecule has 0 rings (SSSR count). The maximum atomic E-state index is 12.3. The highest BCUT2D eigenvalue weighted by Crippen LogP contribution is 2.03. The van der Waals surface area contributed by atoms with Gasteiger partial charge in [0.1, 0.15) is 18.1 Å². The van der Waals surface area contributed by atoms with Gasteiger partial charge in [0.15, 0.2) is 0 Å². The summed E-state index contributed by atoms with van der Waals surface area (Å²) in [5.74, 6) is -3.96. The summed E-state index contributed by atoms with van der Waals surface area (Å²) in [7, 11) is 0. The van der Waals surface area contributed by atoms with E-state index in [-0.39, 0.29) is 12.2 Å². The second-order valence-electron chi connectivity index (χ2n) is 5.42. The van der Waals surface area contributed by atoms with E-state index >= 15 is 0 Å². The van der Waals surface area contributed by atoms with Crippen molar-refractivity contribution >= 4 is 54.0 Å². The third-order valence-corrected chi connectivity index (χ3v) is 4.29. The predicted octanol–water partition coefficient (Wildman–Crippen LogP) is -2.96. The van der Waals surface area contributed by atoms with Crippen molar-refractivity contribution in [1.29, 1.82) is 0 Å². The van der Waals surface area contributed by atoms with Gasteiger partial charge in [0.2, 0.25) is 23.6 Å². The number of carbonyl (C=O) groups excluding carboxylic acids is 4. The normalized spacial score (nSPS) is 13.7. The molecule has 0 aromatic heterocycles. The van der Waals surface area contributed by atoms with Gasteiger partial charge >= 0.3 is 5.97 Å². The van der Waals surface area contributed by atoms with Crippen molar-refractivity contribution in [2.24, 2.45) is 11.5 Å². The monoisotopic (exact) mass is 423 g/mol. The van der Waals surface area contributed by atoms with E-state index in [4.69, 9.17) is 16.6 Å². The number of primary amides is 1. The van der Waals surface area contributed by atoms with Gasteiger partial charge < -0.3 is 32.5 Å². The lowest BCUT2D eigenvalue weighted by molar-refractivity contribution is -0.142. The van der Waals surface area contributed by atoms with E-state index in [2.05, 4.69) is 28.6 Å². The topological polar surface area (TPSA) is 194 Å². The fourth-order valence-electron chi connectivity index (χ4n) is 1.90. The molecule has 0 bridgehead atoms. The third kappa shape index (κ3) is 10.1. The standard InChI is InChI=1S/C14H25N5O6S2/c1-27-3-2-7(14(24)25)18-13(23)9(6-26)19-12(22)8(4-10(16)20)17-11(21)5-15/h7-9,26H,2-6,15H2,1H3,(H2,16,20)(H,17,21)(H,18,23)(H,19,22)(H,24,25). The summed E-state index contributed by atoms with van der Waals surface area (Å²) in [6, 6.07) is -3.62. The number of nitrogens with one attached hydrogen (secondary N) is 3. The summed E-state index contributed by atoms with van der Waals surface area (Å²) in [5, 5.41) is 16.0. The SMILES string of the molecule is CSCCC(NC(=O)C(CS)NC(=O)C(CC(N)=O)NC(=O)CN)C(=O)O. The molecule has 0 fully saturated rings. The number of thiol groups is 1. The van der Waals surface area contributed by atoms with Crippen LogP contribution in [-0.2, 0) is 24.0 Å². The number of carboxylic acids is 1. The summed E-state index contributed by atoms with van der Waals surface area (Å²) in [6.07, 6.45) is 1.50. The fraction of sp³-hybridized carbons (Fsp3) is 0.643. The summed E-state index contributed by atoms with van der Waals surface area (Å²) in [6.45, 7) is -0.408. The van der Waals surface area contributed by atoms with Crippen molar-refractivity contribution in [2.45, 2.75) is 31.0 Å². The molecule has 0 heterocycles. The molecule has 4 amide bonds. The molecule has 0 saturated carbocycles. The molecule has 0 aliphatic carbocycles. The number of amides is 4.